The van der Waals surface area contributed by atoms with Gasteiger partial charge in [-0.25, -0.2) is 0 Å². The van der Waals surface area contributed by atoms with Crippen LogP contribution in [-0.2, 0) is 20.2 Å². The topological polar surface area (TPSA) is 91.7 Å². The molecular weight excluding hydrogens is 191 g/mol. The van der Waals surface area contributed by atoms with Crippen LogP contribution in [0, 0.1) is 0 Å². The molecule has 0 radical (unpaired) electrons. The summed E-state index contributed by atoms with van der Waals surface area (Å²) in [6, 6.07) is 0. The molecule has 0 saturated heterocycles. The van der Waals surface area contributed by atoms with Crippen molar-refractivity contribution >= 4 is 25.9 Å². The van der Waals surface area contributed by atoms with Crippen LogP contribution in [0.2, 0.25) is 0 Å². The van der Waals surface area contributed by atoms with Gasteiger partial charge in [0.2, 0.25) is 0 Å². The van der Waals surface area contributed by atoms with Gasteiger partial charge in [-0.05, 0) is 0 Å². The monoisotopic (exact) mass is 194 g/mol. The fourth-order valence-electron chi connectivity index (χ4n) is 0. The molecule has 7 heteroatoms. The summed E-state index contributed by atoms with van der Waals surface area (Å²) in [5.41, 5.74) is 0. The van der Waals surface area contributed by atoms with Gasteiger partial charge in [-0.3, -0.25) is 0 Å². The fourth-order valence-corrected chi connectivity index (χ4v) is 0. The Labute approximate surface area is 46.8 Å². The van der Waals surface area contributed by atoms with Gasteiger partial charge in [0.05, 0.1) is 0 Å². The van der Waals surface area contributed by atoms with E-state index in [9.17, 15) is 0 Å². The molecule has 0 aliphatic rings. The van der Waals surface area contributed by atoms with Crippen molar-refractivity contribution in [2.24, 2.45) is 0 Å². The van der Waals surface area contributed by atoms with Crippen LogP contribution < -0.4 is 0 Å². The maximum atomic E-state index is 8.82. The van der Waals surface area contributed by atoms with Gasteiger partial charge in [0.25, 0.3) is 0 Å². The van der Waals surface area contributed by atoms with Crippen molar-refractivity contribution in [2.45, 2.75) is 0 Å². The van der Waals surface area contributed by atoms with Crippen LogP contribution in [-0.4, -0.2) is 26.0 Å². The molecule has 0 spiro atoms. The van der Waals surface area contributed by atoms with E-state index in [0.29, 0.717) is 0 Å². The van der Waals surface area contributed by atoms with Crippen molar-refractivity contribution in [1.82, 2.24) is 0 Å². The molecule has 0 bridgehead atoms. The Morgan fingerprint density at radius 3 is 1.14 bits per heavy atom. The summed E-state index contributed by atoms with van der Waals surface area (Å²) in [5, 5.41) is 0. The summed E-state index contributed by atoms with van der Waals surface area (Å²) in [4.78, 5) is 0. The quantitative estimate of drug-likeness (QED) is 0.429. The van der Waals surface area contributed by atoms with E-state index in [2.05, 4.69) is 12.5 Å². The van der Waals surface area contributed by atoms with E-state index in [1.807, 2.05) is 0 Å². The SMILES string of the molecule is O=S.O=[Se](=O)(O)O. The Kier molecular flexibility index (Phi) is 6.11. The molecular formula is H2O5SSe. The first-order valence-corrected chi connectivity index (χ1v) is 4.13. The summed E-state index contributed by atoms with van der Waals surface area (Å²) in [6.45, 7) is 0. The van der Waals surface area contributed by atoms with Crippen LogP contribution in [0.4, 0.5) is 0 Å². The van der Waals surface area contributed by atoms with E-state index in [1.165, 1.54) is 0 Å². The zero-order valence-corrected chi connectivity index (χ0v) is 5.47. The van der Waals surface area contributed by atoms with Crippen LogP contribution in [0.5, 0.6) is 0 Å². The van der Waals surface area contributed by atoms with Gasteiger partial charge in [0.1, 0.15) is 0 Å². The molecule has 0 fully saturated rings. The Morgan fingerprint density at radius 1 is 1.14 bits per heavy atom. The summed E-state index contributed by atoms with van der Waals surface area (Å²) in [7, 11) is 0. The average Bonchev–Trinajstić information content (AvgIpc) is 1.36. The molecule has 2 N–H and O–H groups in total. The van der Waals surface area contributed by atoms with E-state index in [4.69, 9.17) is 20.3 Å². The van der Waals surface area contributed by atoms with Gasteiger partial charge in [-0.15, -0.1) is 0 Å². The van der Waals surface area contributed by atoms with Gasteiger partial charge in [-0.2, -0.15) is 4.21 Å². The molecule has 0 aliphatic carbocycles. The molecule has 0 aromatic rings. The minimum absolute atomic E-state index is 2.83. The Bertz CT molecular complexity index is 102. The molecule has 0 saturated carbocycles. The van der Waals surface area contributed by atoms with E-state index in [-0.39, 0.29) is 0 Å². The summed E-state index contributed by atoms with van der Waals surface area (Å²) >= 11 is -2.42. The normalized spacial score (nSPS) is 8.86. The third-order valence-corrected chi connectivity index (χ3v) is 0. The van der Waals surface area contributed by atoms with Crippen molar-refractivity contribution in [1.29, 1.82) is 0 Å². The molecule has 0 heterocycles. The molecule has 0 aromatic carbocycles. The third-order valence-electron chi connectivity index (χ3n) is 0. The van der Waals surface area contributed by atoms with Crippen molar-refractivity contribution in [3.63, 3.8) is 0 Å². The van der Waals surface area contributed by atoms with E-state index in [0.717, 1.165) is 0 Å². The second kappa shape index (κ2) is 4.22. The molecule has 44 valence electrons. The Hall–Kier alpha value is 0.0595. The zero-order valence-electron chi connectivity index (χ0n) is 2.94. The molecule has 0 aromatic heterocycles. The number of hydrogen-bond acceptors (Lipinski definition) is 4. The van der Waals surface area contributed by atoms with E-state index < -0.39 is 13.4 Å². The average molecular weight is 193 g/mol. The second-order valence-electron chi connectivity index (χ2n) is 0.448. The Balaban J connectivity index is 0. The van der Waals surface area contributed by atoms with Crippen LogP contribution >= 0.6 is 0 Å². The van der Waals surface area contributed by atoms with Crippen molar-refractivity contribution in [3.8, 4) is 0 Å². The van der Waals surface area contributed by atoms with Crippen molar-refractivity contribution in [2.75, 3.05) is 0 Å². The molecule has 0 aliphatic heterocycles. The molecule has 0 unspecified atom stereocenters. The van der Waals surface area contributed by atoms with Crippen LogP contribution in [0.3, 0.4) is 0 Å². The van der Waals surface area contributed by atoms with E-state index in [1.54, 1.807) is 0 Å². The second-order valence-corrected chi connectivity index (χ2v) is 2.33. The molecule has 5 nitrogen and oxygen atoms in total. The molecule has 0 rings (SSSR count). The first-order chi connectivity index (χ1) is 3.00. The zero-order chi connectivity index (χ0) is 6.50. The van der Waals surface area contributed by atoms with Gasteiger partial charge >= 0.3 is 29.4 Å². The van der Waals surface area contributed by atoms with Crippen LogP contribution in [0.15, 0.2) is 0 Å². The molecule has 0 amide bonds. The number of rotatable bonds is 0. The van der Waals surface area contributed by atoms with Gasteiger partial charge in [-0.1, -0.05) is 0 Å². The number of hydrogen-bond donors (Lipinski definition) is 2. The standard InChI is InChI=1S/H2O4Se.OS/c1-5(2,3)4;1-2/h(H2,1,2,3,4);. The van der Waals surface area contributed by atoms with Gasteiger partial charge in [0, 0.05) is 0 Å². The van der Waals surface area contributed by atoms with E-state index >= 15 is 0 Å². The summed E-state index contributed by atoms with van der Waals surface area (Å²) in [6.07, 6.45) is 0. The molecule has 7 heavy (non-hydrogen) atoms. The van der Waals surface area contributed by atoms with Crippen molar-refractivity contribution in [3.05, 3.63) is 0 Å². The predicted octanol–water partition coefficient (Wildman–Crippen LogP) is -2.07. The third kappa shape index (κ3) is 28200. The Morgan fingerprint density at radius 2 is 1.14 bits per heavy atom. The van der Waals surface area contributed by atoms with Crippen LogP contribution in [0.25, 0.3) is 0 Å². The first-order valence-electron chi connectivity index (χ1n) is 0.865. The fraction of sp³-hybridized carbons (Fsp3) is 0. The summed E-state index contributed by atoms with van der Waals surface area (Å²) in [5.74, 6) is 0. The first kappa shape index (κ1) is 10.1. The minimum atomic E-state index is -5.25. The predicted molar refractivity (Wildman–Crippen MR) is 19.7 cm³/mol. The van der Waals surface area contributed by atoms with Gasteiger partial charge in [0.15, 0.2) is 12.5 Å². The van der Waals surface area contributed by atoms with Crippen LogP contribution in [0.1, 0.15) is 0 Å². The maximum absolute atomic E-state index is 8.82. The van der Waals surface area contributed by atoms with Gasteiger partial charge < -0.3 is 0 Å². The summed E-state index contributed by atoms with van der Waals surface area (Å²) < 4.78 is 39.7. The van der Waals surface area contributed by atoms with Crippen molar-refractivity contribution < 1.29 is 20.3 Å². The molecule has 0 atom stereocenters.